The summed E-state index contributed by atoms with van der Waals surface area (Å²) in [7, 11) is 0. The number of halogens is 4. The fourth-order valence-corrected chi connectivity index (χ4v) is 2.31. The predicted molar refractivity (Wildman–Crippen MR) is 72.1 cm³/mol. The van der Waals surface area contributed by atoms with Crippen LogP contribution in [0.4, 0.5) is 23.7 Å². The van der Waals surface area contributed by atoms with Gasteiger partial charge in [-0.1, -0.05) is 12.1 Å². The molecule has 1 aromatic carbocycles. The molecular formula is C12H11BrF3N3O2. The van der Waals surface area contributed by atoms with E-state index in [0.29, 0.717) is 27.5 Å². The van der Waals surface area contributed by atoms with Crippen LogP contribution in [-0.4, -0.2) is 28.6 Å². The van der Waals surface area contributed by atoms with Crippen LogP contribution in [0.1, 0.15) is 12.5 Å². The number of urea groups is 1. The molecule has 3 N–H and O–H groups in total. The third-order valence-corrected chi connectivity index (χ3v) is 4.25. The molecule has 1 aliphatic heterocycles. The Morgan fingerprint density at radius 1 is 1.38 bits per heavy atom. The first-order chi connectivity index (χ1) is 9.58. The van der Waals surface area contributed by atoms with Crippen molar-refractivity contribution < 1.29 is 22.8 Å². The zero-order chi connectivity index (χ0) is 16.0. The van der Waals surface area contributed by atoms with Gasteiger partial charge in [0.2, 0.25) is 5.54 Å². The molecule has 0 aliphatic carbocycles. The Balaban J connectivity index is 2.32. The van der Waals surface area contributed by atoms with Gasteiger partial charge >= 0.3 is 12.2 Å². The van der Waals surface area contributed by atoms with Crippen LogP contribution in [-0.2, 0) is 11.3 Å². The Labute approximate surface area is 126 Å². The molecule has 3 amide bonds. The molecule has 5 nitrogen and oxygen atoms in total. The fraction of sp³-hybridized carbons (Fsp3) is 0.333. The van der Waals surface area contributed by atoms with Crippen molar-refractivity contribution in [2.24, 2.45) is 0 Å². The van der Waals surface area contributed by atoms with Crippen LogP contribution in [0, 0.1) is 0 Å². The van der Waals surface area contributed by atoms with Crippen molar-refractivity contribution in [2.45, 2.75) is 25.2 Å². The largest absolute Gasteiger partial charge is 0.420 e. The van der Waals surface area contributed by atoms with Gasteiger partial charge in [0.15, 0.2) is 0 Å². The quantitative estimate of drug-likeness (QED) is 0.624. The van der Waals surface area contributed by atoms with Gasteiger partial charge < -0.3 is 11.1 Å². The number of benzene rings is 1. The maximum Gasteiger partial charge on any atom is 0.420 e. The number of carbonyl (C=O) groups excluding carboxylic acids is 2. The van der Waals surface area contributed by atoms with Gasteiger partial charge in [0.1, 0.15) is 0 Å². The number of hydrogen-bond acceptors (Lipinski definition) is 3. The molecule has 1 aliphatic rings. The van der Waals surface area contributed by atoms with Crippen LogP contribution >= 0.6 is 15.9 Å². The minimum Gasteiger partial charge on any atom is -0.398 e. The molecule has 1 atom stereocenters. The number of carbonyl (C=O) groups is 2. The number of nitrogens with one attached hydrogen (secondary N) is 1. The average molecular weight is 366 g/mol. The standard InChI is InChI=1S/C12H11BrF3N3O2/c1-11(12(14,15)16)9(20)19(10(21)18-11)5-6-3-2-4-7(17)8(6)13/h2-4H,5,17H2,1H3,(H,18,21). The molecule has 21 heavy (non-hydrogen) atoms. The summed E-state index contributed by atoms with van der Waals surface area (Å²) in [5.41, 5.74) is 3.54. The van der Waals surface area contributed by atoms with E-state index in [0.717, 1.165) is 0 Å². The van der Waals surface area contributed by atoms with Crippen molar-refractivity contribution in [3.05, 3.63) is 28.2 Å². The van der Waals surface area contributed by atoms with Gasteiger partial charge in [-0.05, 0) is 34.5 Å². The number of nitrogens with two attached hydrogens (primary N) is 1. The smallest absolute Gasteiger partial charge is 0.398 e. The van der Waals surface area contributed by atoms with Gasteiger partial charge in [-0.15, -0.1) is 0 Å². The Morgan fingerprint density at radius 3 is 2.52 bits per heavy atom. The highest BCUT2D eigenvalue weighted by Gasteiger charge is 2.64. The number of anilines is 1. The van der Waals surface area contributed by atoms with Gasteiger partial charge in [0, 0.05) is 10.2 Å². The first kappa shape index (κ1) is 15.6. The fourth-order valence-electron chi connectivity index (χ4n) is 1.92. The monoisotopic (exact) mass is 365 g/mol. The molecule has 1 aromatic rings. The van der Waals surface area contributed by atoms with Gasteiger partial charge in [-0.3, -0.25) is 9.69 Å². The van der Waals surface area contributed by atoms with Crippen molar-refractivity contribution in [3.63, 3.8) is 0 Å². The van der Waals surface area contributed by atoms with Crippen molar-refractivity contribution in [3.8, 4) is 0 Å². The number of rotatable bonds is 2. The lowest BCUT2D eigenvalue weighted by atomic mass is 10.0. The first-order valence-electron chi connectivity index (χ1n) is 5.81. The molecule has 0 saturated carbocycles. The predicted octanol–water partition coefficient (Wildman–Crippen LogP) is 2.40. The first-order valence-corrected chi connectivity index (χ1v) is 6.61. The van der Waals surface area contributed by atoms with E-state index in [2.05, 4.69) is 15.9 Å². The second kappa shape index (κ2) is 4.90. The zero-order valence-corrected chi connectivity index (χ0v) is 12.4. The molecule has 1 unspecified atom stereocenters. The average Bonchev–Trinajstić information content (AvgIpc) is 2.59. The summed E-state index contributed by atoms with van der Waals surface area (Å²) in [6.45, 7) is 0.337. The molecule has 0 bridgehead atoms. The summed E-state index contributed by atoms with van der Waals surface area (Å²) in [5, 5.41) is 1.69. The van der Waals surface area contributed by atoms with Crippen molar-refractivity contribution >= 4 is 33.6 Å². The maximum atomic E-state index is 12.9. The molecular weight excluding hydrogens is 355 g/mol. The molecule has 2 rings (SSSR count). The van der Waals surface area contributed by atoms with Gasteiger partial charge in [-0.25, -0.2) is 4.79 Å². The van der Waals surface area contributed by atoms with Crippen molar-refractivity contribution in [1.29, 1.82) is 0 Å². The Bertz CT molecular complexity index is 620. The molecule has 0 aromatic heterocycles. The Hall–Kier alpha value is -1.77. The third-order valence-electron chi connectivity index (χ3n) is 3.28. The molecule has 9 heteroatoms. The zero-order valence-electron chi connectivity index (χ0n) is 10.8. The number of alkyl halides is 3. The van der Waals surface area contributed by atoms with E-state index < -0.39 is 23.7 Å². The minimum absolute atomic E-state index is 0.304. The van der Waals surface area contributed by atoms with Crippen LogP contribution in [0.2, 0.25) is 0 Å². The third kappa shape index (κ3) is 2.45. The maximum absolute atomic E-state index is 12.9. The van der Waals surface area contributed by atoms with Crippen LogP contribution in [0.5, 0.6) is 0 Å². The van der Waals surface area contributed by atoms with E-state index >= 15 is 0 Å². The highest BCUT2D eigenvalue weighted by atomic mass is 79.9. The summed E-state index contributed by atoms with van der Waals surface area (Å²) in [6, 6.07) is 3.63. The topological polar surface area (TPSA) is 75.4 Å². The summed E-state index contributed by atoms with van der Waals surface area (Å²) in [6.07, 6.45) is -4.87. The van der Waals surface area contributed by atoms with Gasteiger partial charge in [0.25, 0.3) is 5.91 Å². The summed E-state index contributed by atoms with van der Waals surface area (Å²) in [4.78, 5) is 24.2. The summed E-state index contributed by atoms with van der Waals surface area (Å²) < 4.78 is 39.2. The molecule has 0 spiro atoms. The second-order valence-electron chi connectivity index (χ2n) is 4.76. The van der Waals surface area contributed by atoms with Gasteiger partial charge in [0.05, 0.1) is 6.54 Å². The molecule has 1 saturated heterocycles. The molecule has 1 heterocycles. The molecule has 1 fully saturated rings. The lowest BCUT2D eigenvalue weighted by molar-refractivity contribution is -0.191. The summed E-state index contributed by atoms with van der Waals surface area (Å²) in [5.74, 6) is -1.34. The lowest BCUT2D eigenvalue weighted by Gasteiger charge is -2.24. The van der Waals surface area contributed by atoms with Crippen LogP contribution in [0.15, 0.2) is 22.7 Å². The van der Waals surface area contributed by atoms with Crippen LogP contribution in [0.3, 0.4) is 0 Å². The minimum atomic E-state index is -4.87. The highest BCUT2D eigenvalue weighted by molar-refractivity contribution is 9.10. The van der Waals surface area contributed by atoms with Crippen LogP contribution in [0.25, 0.3) is 0 Å². The lowest BCUT2D eigenvalue weighted by Crippen LogP contribution is -2.56. The number of nitrogens with zero attached hydrogens (tertiary/aromatic N) is 1. The van der Waals surface area contributed by atoms with E-state index in [4.69, 9.17) is 5.73 Å². The van der Waals surface area contributed by atoms with Crippen molar-refractivity contribution in [1.82, 2.24) is 10.2 Å². The van der Waals surface area contributed by atoms with Gasteiger partial charge in [-0.2, -0.15) is 13.2 Å². The molecule has 114 valence electrons. The van der Waals surface area contributed by atoms with E-state index in [1.54, 1.807) is 23.5 Å². The summed E-state index contributed by atoms with van der Waals surface area (Å²) >= 11 is 3.18. The van der Waals surface area contributed by atoms with E-state index in [1.807, 2.05) is 0 Å². The van der Waals surface area contributed by atoms with E-state index in [-0.39, 0.29) is 6.54 Å². The number of nitrogen functional groups attached to an aromatic ring is 1. The number of hydrogen-bond donors (Lipinski definition) is 2. The number of amides is 3. The van der Waals surface area contributed by atoms with E-state index in [1.165, 1.54) is 0 Å². The SMILES string of the molecule is CC1(C(F)(F)F)NC(=O)N(Cc2cccc(N)c2Br)C1=O. The van der Waals surface area contributed by atoms with E-state index in [9.17, 15) is 22.8 Å². The Morgan fingerprint density at radius 2 is 2.00 bits per heavy atom. The normalized spacial score (nSPS) is 22.6. The Kier molecular flexibility index (Phi) is 3.64. The second-order valence-corrected chi connectivity index (χ2v) is 5.56. The number of imide groups is 1. The highest BCUT2D eigenvalue weighted by Crippen LogP contribution is 2.36. The van der Waals surface area contributed by atoms with Crippen molar-refractivity contribution in [2.75, 3.05) is 5.73 Å². The van der Waals surface area contributed by atoms with Crippen LogP contribution < -0.4 is 11.1 Å². The molecule has 0 radical (unpaired) electrons.